The zero-order chi connectivity index (χ0) is 17.5. The molecule has 0 saturated heterocycles. The fourth-order valence-corrected chi connectivity index (χ4v) is 2.25. The smallest absolute Gasteiger partial charge is 0.254 e. The van der Waals surface area contributed by atoms with Gasteiger partial charge in [0.15, 0.2) is 0 Å². The summed E-state index contributed by atoms with van der Waals surface area (Å²) in [5.41, 5.74) is 2.34. The lowest BCUT2D eigenvalue weighted by Crippen LogP contribution is -2.37. The van der Waals surface area contributed by atoms with Gasteiger partial charge in [-0.3, -0.25) is 9.59 Å². The van der Waals surface area contributed by atoms with Crippen LogP contribution < -0.4 is 10.1 Å². The van der Waals surface area contributed by atoms with Crippen LogP contribution in [0.25, 0.3) is 0 Å². The van der Waals surface area contributed by atoms with E-state index in [1.165, 1.54) is 4.90 Å². The van der Waals surface area contributed by atoms with Crippen molar-refractivity contribution in [1.82, 2.24) is 4.90 Å². The Morgan fingerprint density at radius 2 is 1.67 bits per heavy atom. The van der Waals surface area contributed by atoms with Gasteiger partial charge in [-0.15, -0.1) is 0 Å². The molecule has 0 radical (unpaired) electrons. The monoisotopic (exact) mass is 326 g/mol. The third-order valence-electron chi connectivity index (χ3n) is 3.68. The van der Waals surface area contributed by atoms with Crippen LogP contribution in [0.4, 0.5) is 5.69 Å². The van der Waals surface area contributed by atoms with E-state index in [-0.39, 0.29) is 18.4 Å². The minimum Gasteiger partial charge on any atom is -0.497 e. The highest BCUT2D eigenvalue weighted by Crippen LogP contribution is 2.15. The Balaban J connectivity index is 1.99. The van der Waals surface area contributed by atoms with Gasteiger partial charge >= 0.3 is 0 Å². The highest BCUT2D eigenvalue weighted by molar-refractivity contribution is 5.99. The van der Waals surface area contributed by atoms with E-state index in [0.29, 0.717) is 17.8 Å². The number of amides is 2. The normalized spacial score (nSPS) is 10.1. The maximum absolute atomic E-state index is 12.5. The van der Waals surface area contributed by atoms with Gasteiger partial charge in [0.25, 0.3) is 5.91 Å². The van der Waals surface area contributed by atoms with E-state index in [0.717, 1.165) is 11.3 Å². The molecular formula is C19H22N2O3. The van der Waals surface area contributed by atoms with Crippen molar-refractivity contribution in [3.05, 3.63) is 59.7 Å². The van der Waals surface area contributed by atoms with E-state index in [2.05, 4.69) is 5.32 Å². The molecule has 0 heterocycles. The van der Waals surface area contributed by atoms with Gasteiger partial charge < -0.3 is 15.0 Å². The van der Waals surface area contributed by atoms with Crippen LogP contribution >= 0.6 is 0 Å². The van der Waals surface area contributed by atoms with Crippen molar-refractivity contribution in [2.24, 2.45) is 0 Å². The molecule has 1 N–H and O–H groups in total. The first-order valence-corrected chi connectivity index (χ1v) is 7.83. The second kappa shape index (κ2) is 8.15. The Bertz CT molecular complexity index is 694. The summed E-state index contributed by atoms with van der Waals surface area (Å²) >= 11 is 0. The summed E-state index contributed by atoms with van der Waals surface area (Å²) < 4.78 is 5.08. The molecule has 126 valence electrons. The van der Waals surface area contributed by atoms with Gasteiger partial charge in [-0.1, -0.05) is 17.7 Å². The first-order chi connectivity index (χ1) is 11.5. The molecule has 5 heteroatoms. The van der Waals surface area contributed by atoms with Gasteiger partial charge in [-0.25, -0.2) is 0 Å². The molecule has 5 nitrogen and oxygen atoms in total. The number of hydrogen-bond donors (Lipinski definition) is 1. The Labute approximate surface area is 142 Å². The largest absolute Gasteiger partial charge is 0.497 e. The molecule has 0 aliphatic rings. The lowest BCUT2D eigenvalue weighted by molar-refractivity contribution is -0.116. The standard InChI is InChI=1S/C19H22N2O3/c1-4-21(19(23)15-7-5-14(2)6-8-15)13-18(22)20-16-9-11-17(24-3)12-10-16/h5-12H,4,13H2,1-3H3,(H,20,22). The highest BCUT2D eigenvalue weighted by atomic mass is 16.5. The number of carbonyl (C=O) groups excluding carboxylic acids is 2. The summed E-state index contributed by atoms with van der Waals surface area (Å²) in [6.07, 6.45) is 0. The second-order valence-electron chi connectivity index (χ2n) is 5.46. The molecule has 24 heavy (non-hydrogen) atoms. The lowest BCUT2D eigenvalue weighted by atomic mass is 10.1. The van der Waals surface area contributed by atoms with Crippen molar-refractivity contribution in [2.75, 3.05) is 25.5 Å². The van der Waals surface area contributed by atoms with Crippen LogP contribution in [0.3, 0.4) is 0 Å². The first kappa shape index (κ1) is 17.5. The van der Waals surface area contributed by atoms with Gasteiger partial charge in [-0.2, -0.15) is 0 Å². The number of rotatable bonds is 6. The number of methoxy groups -OCH3 is 1. The van der Waals surface area contributed by atoms with Crippen LogP contribution in [0.5, 0.6) is 5.75 Å². The van der Waals surface area contributed by atoms with E-state index >= 15 is 0 Å². The predicted octanol–water partition coefficient (Wildman–Crippen LogP) is 3.10. The number of likely N-dealkylation sites (N-methyl/N-ethyl adjacent to an activating group) is 1. The SMILES string of the molecule is CCN(CC(=O)Nc1ccc(OC)cc1)C(=O)c1ccc(C)cc1. The molecule has 0 saturated carbocycles. The van der Waals surface area contributed by atoms with E-state index < -0.39 is 0 Å². The van der Waals surface area contributed by atoms with Crippen molar-refractivity contribution in [1.29, 1.82) is 0 Å². The highest BCUT2D eigenvalue weighted by Gasteiger charge is 2.17. The average Bonchev–Trinajstić information content (AvgIpc) is 2.60. The van der Waals surface area contributed by atoms with E-state index in [4.69, 9.17) is 4.74 Å². The van der Waals surface area contributed by atoms with Crippen LogP contribution in [0.1, 0.15) is 22.8 Å². The van der Waals surface area contributed by atoms with Crippen molar-refractivity contribution in [3.63, 3.8) is 0 Å². The summed E-state index contributed by atoms with van der Waals surface area (Å²) in [4.78, 5) is 26.2. The Morgan fingerprint density at radius 3 is 2.21 bits per heavy atom. The number of ether oxygens (including phenoxy) is 1. The van der Waals surface area contributed by atoms with Crippen LogP contribution in [0.15, 0.2) is 48.5 Å². The number of nitrogens with one attached hydrogen (secondary N) is 1. The molecule has 2 aromatic rings. The topological polar surface area (TPSA) is 58.6 Å². The summed E-state index contributed by atoms with van der Waals surface area (Å²) in [6.45, 7) is 4.29. The van der Waals surface area contributed by atoms with Crippen molar-refractivity contribution in [2.45, 2.75) is 13.8 Å². The zero-order valence-corrected chi connectivity index (χ0v) is 14.2. The Kier molecular flexibility index (Phi) is 5.95. The molecular weight excluding hydrogens is 304 g/mol. The van der Waals surface area contributed by atoms with E-state index in [1.54, 1.807) is 43.5 Å². The summed E-state index contributed by atoms with van der Waals surface area (Å²) in [5, 5.41) is 2.79. The number of aryl methyl sites for hydroxylation is 1. The van der Waals surface area contributed by atoms with Gasteiger partial charge in [0, 0.05) is 17.8 Å². The Hall–Kier alpha value is -2.82. The molecule has 0 fully saturated rings. The molecule has 2 amide bonds. The van der Waals surface area contributed by atoms with Gasteiger partial charge in [0.05, 0.1) is 7.11 Å². The third kappa shape index (κ3) is 4.59. The maximum atomic E-state index is 12.5. The summed E-state index contributed by atoms with van der Waals surface area (Å²) in [5.74, 6) is 0.336. The van der Waals surface area contributed by atoms with Crippen molar-refractivity contribution in [3.8, 4) is 5.75 Å². The fourth-order valence-electron chi connectivity index (χ4n) is 2.25. The van der Waals surface area contributed by atoms with Crippen LogP contribution in [0.2, 0.25) is 0 Å². The first-order valence-electron chi connectivity index (χ1n) is 7.83. The average molecular weight is 326 g/mol. The number of benzene rings is 2. The molecule has 0 bridgehead atoms. The zero-order valence-electron chi connectivity index (χ0n) is 14.2. The van der Waals surface area contributed by atoms with Crippen molar-refractivity contribution >= 4 is 17.5 Å². The number of hydrogen-bond acceptors (Lipinski definition) is 3. The van der Waals surface area contributed by atoms with Crippen LogP contribution in [0, 0.1) is 6.92 Å². The molecule has 0 atom stereocenters. The van der Waals surface area contributed by atoms with Gasteiger partial charge in [0.1, 0.15) is 12.3 Å². The lowest BCUT2D eigenvalue weighted by Gasteiger charge is -2.20. The third-order valence-corrected chi connectivity index (χ3v) is 3.68. The number of carbonyl (C=O) groups is 2. The van der Waals surface area contributed by atoms with E-state index in [9.17, 15) is 9.59 Å². The quantitative estimate of drug-likeness (QED) is 0.887. The summed E-state index contributed by atoms with van der Waals surface area (Å²) in [7, 11) is 1.59. The molecule has 2 aromatic carbocycles. The molecule has 0 spiro atoms. The molecule has 0 aliphatic carbocycles. The molecule has 2 rings (SSSR count). The predicted molar refractivity (Wildman–Crippen MR) is 94.4 cm³/mol. The Morgan fingerprint density at radius 1 is 1.04 bits per heavy atom. The maximum Gasteiger partial charge on any atom is 0.254 e. The van der Waals surface area contributed by atoms with Crippen LogP contribution in [-0.4, -0.2) is 36.9 Å². The van der Waals surface area contributed by atoms with Crippen LogP contribution in [-0.2, 0) is 4.79 Å². The van der Waals surface area contributed by atoms with Gasteiger partial charge in [0.2, 0.25) is 5.91 Å². The number of anilines is 1. The van der Waals surface area contributed by atoms with E-state index in [1.807, 2.05) is 26.0 Å². The van der Waals surface area contributed by atoms with Crippen molar-refractivity contribution < 1.29 is 14.3 Å². The van der Waals surface area contributed by atoms with Gasteiger partial charge in [-0.05, 0) is 50.2 Å². The second-order valence-corrected chi connectivity index (χ2v) is 5.46. The molecule has 0 aromatic heterocycles. The minimum atomic E-state index is -0.234. The number of nitrogens with zero attached hydrogens (tertiary/aromatic N) is 1. The fraction of sp³-hybridized carbons (Fsp3) is 0.263. The molecule has 0 unspecified atom stereocenters. The molecule has 0 aliphatic heterocycles. The summed E-state index contributed by atoms with van der Waals surface area (Å²) in [6, 6.07) is 14.4. The minimum absolute atomic E-state index is 0.00917.